The standard InChI is InChI=1S/C10H21N/c1-8-5-6-9(8)11-7-10(2,3)4/h8-9,11H,5-7H2,1-4H3. The Morgan fingerprint density at radius 1 is 1.27 bits per heavy atom. The molecule has 2 atom stereocenters. The van der Waals surface area contributed by atoms with Crippen molar-refractivity contribution in [1.29, 1.82) is 0 Å². The van der Waals surface area contributed by atoms with Gasteiger partial charge in [-0.15, -0.1) is 0 Å². The third-order valence-corrected chi connectivity index (χ3v) is 2.51. The van der Waals surface area contributed by atoms with Gasteiger partial charge in [0, 0.05) is 12.6 Å². The van der Waals surface area contributed by atoms with Crippen LogP contribution in [0.3, 0.4) is 0 Å². The summed E-state index contributed by atoms with van der Waals surface area (Å²) in [6.45, 7) is 10.3. The molecular formula is C10H21N. The molecule has 1 nitrogen and oxygen atoms in total. The Bertz CT molecular complexity index is 123. The summed E-state index contributed by atoms with van der Waals surface area (Å²) in [5.74, 6) is 0.914. The van der Waals surface area contributed by atoms with Gasteiger partial charge in [0.05, 0.1) is 0 Å². The molecule has 1 aliphatic rings. The Hall–Kier alpha value is -0.0400. The summed E-state index contributed by atoms with van der Waals surface area (Å²) in [6, 6.07) is 0.814. The summed E-state index contributed by atoms with van der Waals surface area (Å²) < 4.78 is 0. The molecule has 66 valence electrons. The molecule has 0 aromatic heterocycles. The molecule has 1 saturated carbocycles. The predicted octanol–water partition coefficient (Wildman–Crippen LogP) is 2.42. The van der Waals surface area contributed by atoms with E-state index in [2.05, 4.69) is 33.0 Å². The lowest BCUT2D eigenvalue weighted by molar-refractivity contribution is 0.206. The van der Waals surface area contributed by atoms with Gasteiger partial charge in [-0.05, 0) is 24.2 Å². The molecule has 11 heavy (non-hydrogen) atoms. The molecule has 1 heteroatoms. The van der Waals surface area contributed by atoms with Gasteiger partial charge in [-0.3, -0.25) is 0 Å². The topological polar surface area (TPSA) is 12.0 Å². The average Bonchev–Trinajstić information content (AvgIpc) is 1.82. The van der Waals surface area contributed by atoms with Crippen molar-refractivity contribution in [3.63, 3.8) is 0 Å². The Morgan fingerprint density at radius 3 is 2.18 bits per heavy atom. The zero-order chi connectivity index (χ0) is 8.48. The highest BCUT2D eigenvalue weighted by Gasteiger charge is 2.26. The maximum Gasteiger partial charge on any atom is 0.00930 e. The number of rotatable bonds is 2. The lowest BCUT2D eigenvalue weighted by Crippen LogP contribution is -2.45. The van der Waals surface area contributed by atoms with Gasteiger partial charge >= 0.3 is 0 Å². The first-order chi connectivity index (χ1) is 4.99. The monoisotopic (exact) mass is 155 g/mol. The van der Waals surface area contributed by atoms with Crippen LogP contribution in [-0.2, 0) is 0 Å². The van der Waals surface area contributed by atoms with Crippen molar-refractivity contribution in [2.24, 2.45) is 11.3 Å². The number of hydrogen-bond donors (Lipinski definition) is 1. The summed E-state index contributed by atoms with van der Waals surface area (Å²) in [5, 5.41) is 3.61. The molecule has 1 aliphatic carbocycles. The average molecular weight is 155 g/mol. The normalized spacial score (nSPS) is 31.6. The molecular weight excluding hydrogens is 134 g/mol. The minimum atomic E-state index is 0.440. The molecule has 0 aromatic carbocycles. The van der Waals surface area contributed by atoms with E-state index in [0.717, 1.165) is 18.5 Å². The fraction of sp³-hybridized carbons (Fsp3) is 1.00. The van der Waals surface area contributed by atoms with Crippen molar-refractivity contribution in [1.82, 2.24) is 5.32 Å². The van der Waals surface area contributed by atoms with Gasteiger partial charge in [0.25, 0.3) is 0 Å². The Kier molecular flexibility index (Phi) is 2.58. The van der Waals surface area contributed by atoms with Gasteiger partial charge in [-0.2, -0.15) is 0 Å². The molecule has 0 radical (unpaired) electrons. The van der Waals surface area contributed by atoms with E-state index in [1.165, 1.54) is 12.8 Å². The van der Waals surface area contributed by atoms with E-state index in [-0.39, 0.29) is 0 Å². The van der Waals surface area contributed by atoms with E-state index in [0.29, 0.717) is 5.41 Å². The molecule has 0 spiro atoms. The summed E-state index contributed by atoms with van der Waals surface area (Å²) >= 11 is 0. The van der Waals surface area contributed by atoms with Crippen LogP contribution in [0.2, 0.25) is 0 Å². The fourth-order valence-corrected chi connectivity index (χ4v) is 1.41. The second kappa shape index (κ2) is 3.14. The first-order valence-electron chi connectivity index (χ1n) is 4.72. The molecule has 0 aromatic rings. The molecule has 1 rings (SSSR count). The maximum absolute atomic E-state index is 3.61. The third kappa shape index (κ3) is 2.82. The van der Waals surface area contributed by atoms with Gasteiger partial charge in [0.15, 0.2) is 0 Å². The van der Waals surface area contributed by atoms with Crippen LogP contribution in [0.5, 0.6) is 0 Å². The van der Waals surface area contributed by atoms with Crippen molar-refractivity contribution >= 4 is 0 Å². The van der Waals surface area contributed by atoms with E-state index in [1.807, 2.05) is 0 Å². The molecule has 0 bridgehead atoms. The van der Waals surface area contributed by atoms with E-state index in [1.54, 1.807) is 0 Å². The molecule has 2 unspecified atom stereocenters. The van der Waals surface area contributed by atoms with Crippen LogP contribution in [0.25, 0.3) is 0 Å². The van der Waals surface area contributed by atoms with Crippen molar-refractivity contribution in [3.8, 4) is 0 Å². The third-order valence-electron chi connectivity index (χ3n) is 2.51. The van der Waals surface area contributed by atoms with E-state index in [9.17, 15) is 0 Å². The second-order valence-electron chi connectivity index (χ2n) is 5.10. The molecule has 0 aliphatic heterocycles. The molecule has 0 heterocycles. The lowest BCUT2D eigenvalue weighted by Gasteiger charge is -2.36. The van der Waals surface area contributed by atoms with Gasteiger partial charge in [0.2, 0.25) is 0 Å². The highest BCUT2D eigenvalue weighted by molar-refractivity contribution is 4.84. The second-order valence-corrected chi connectivity index (χ2v) is 5.10. The summed E-state index contributed by atoms with van der Waals surface area (Å²) in [4.78, 5) is 0. The quantitative estimate of drug-likeness (QED) is 0.645. The van der Waals surface area contributed by atoms with Gasteiger partial charge < -0.3 is 5.32 Å². The van der Waals surface area contributed by atoms with Crippen molar-refractivity contribution in [2.45, 2.75) is 46.6 Å². The Labute approximate surface area is 70.6 Å². The smallest absolute Gasteiger partial charge is 0.00930 e. The fourth-order valence-electron chi connectivity index (χ4n) is 1.41. The van der Waals surface area contributed by atoms with Gasteiger partial charge in [0.1, 0.15) is 0 Å². The molecule has 1 fully saturated rings. The first kappa shape index (κ1) is 9.05. The van der Waals surface area contributed by atoms with Crippen molar-refractivity contribution in [2.75, 3.05) is 6.54 Å². The minimum Gasteiger partial charge on any atom is -0.313 e. The van der Waals surface area contributed by atoms with Crippen molar-refractivity contribution in [3.05, 3.63) is 0 Å². The molecule has 0 amide bonds. The number of hydrogen-bond acceptors (Lipinski definition) is 1. The minimum absolute atomic E-state index is 0.440. The predicted molar refractivity (Wildman–Crippen MR) is 49.6 cm³/mol. The van der Waals surface area contributed by atoms with Crippen LogP contribution in [0.4, 0.5) is 0 Å². The SMILES string of the molecule is CC1CCC1NCC(C)(C)C. The first-order valence-corrected chi connectivity index (χ1v) is 4.72. The maximum atomic E-state index is 3.61. The summed E-state index contributed by atoms with van der Waals surface area (Å²) in [5.41, 5.74) is 0.440. The van der Waals surface area contributed by atoms with Crippen LogP contribution in [0.1, 0.15) is 40.5 Å². The Balaban J connectivity index is 2.12. The summed E-state index contributed by atoms with van der Waals surface area (Å²) in [7, 11) is 0. The van der Waals surface area contributed by atoms with E-state index in [4.69, 9.17) is 0 Å². The Morgan fingerprint density at radius 2 is 1.91 bits per heavy atom. The van der Waals surface area contributed by atoms with Gasteiger partial charge in [-0.1, -0.05) is 27.7 Å². The summed E-state index contributed by atoms with van der Waals surface area (Å²) in [6.07, 6.45) is 2.80. The van der Waals surface area contributed by atoms with Crippen LogP contribution >= 0.6 is 0 Å². The largest absolute Gasteiger partial charge is 0.313 e. The van der Waals surface area contributed by atoms with E-state index >= 15 is 0 Å². The highest BCUT2D eigenvalue weighted by atomic mass is 14.9. The molecule has 0 saturated heterocycles. The van der Waals surface area contributed by atoms with Gasteiger partial charge in [-0.25, -0.2) is 0 Å². The van der Waals surface area contributed by atoms with E-state index < -0.39 is 0 Å². The van der Waals surface area contributed by atoms with Crippen LogP contribution in [0.15, 0.2) is 0 Å². The van der Waals surface area contributed by atoms with Crippen molar-refractivity contribution < 1.29 is 0 Å². The zero-order valence-corrected chi connectivity index (χ0v) is 8.28. The molecule has 1 N–H and O–H groups in total. The van der Waals surface area contributed by atoms with Crippen LogP contribution < -0.4 is 5.32 Å². The highest BCUT2D eigenvalue weighted by Crippen LogP contribution is 2.27. The van der Waals surface area contributed by atoms with Crippen LogP contribution in [0, 0.1) is 11.3 Å². The number of nitrogens with one attached hydrogen (secondary N) is 1. The van der Waals surface area contributed by atoms with Crippen LogP contribution in [-0.4, -0.2) is 12.6 Å². The zero-order valence-electron chi connectivity index (χ0n) is 8.28. The lowest BCUT2D eigenvalue weighted by atomic mass is 9.80.